The number of hydrogen-bond acceptors (Lipinski definition) is 11. The number of ether oxygens (including phenoxy) is 4. The SMILES string of the molecule is C=CCOC12Oc3ccc(Oc4ccc(-c5ccccc5)cc4)cc3C3C(CCCCO)C(CCCCO)C=C(C(=NOC4CCCCO4)CC1N(C)S(=O)(=O)c1ccc(NC(C)=O)cc1)C32. The monoisotopic (exact) mass is 933 g/mol. The summed E-state index contributed by atoms with van der Waals surface area (Å²) in [6.45, 7) is 6.13. The van der Waals surface area contributed by atoms with Crippen LogP contribution < -0.4 is 14.8 Å². The summed E-state index contributed by atoms with van der Waals surface area (Å²) in [5, 5.41) is 27.6. The third kappa shape index (κ3) is 10.5. The average molecular weight is 934 g/mol. The number of carbonyl (C=O) groups is 1. The van der Waals surface area contributed by atoms with E-state index < -0.39 is 34.1 Å². The molecule has 1 saturated heterocycles. The zero-order valence-corrected chi connectivity index (χ0v) is 39.2. The summed E-state index contributed by atoms with van der Waals surface area (Å²) >= 11 is 0. The third-order valence-electron chi connectivity index (χ3n) is 13.6. The first-order valence-corrected chi connectivity index (χ1v) is 25.0. The van der Waals surface area contributed by atoms with Crippen molar-refractivity contribution in [3.8, 4) is 28.4 Å². The number of nitrogens with zero attached hydrogens (tertiary/aromatic N) is 2. The lowest BCUT2D eigenvalue weighted by Gasteiger charge is -2.59. The van der Waals surface area contributed by atoms with Crippen molar-refractivity contribution in [1.29, 1.82) is 0 Å². The number of fused-ring (bicyclic) bond motifs is 2. The Morgan fingerprint density at radius 3 is 2.33 bits per heavy atom. The molecule has 1 amide bonds. The summed E-state index contributed by atoms with van der Waals surface area (Å²) in [5.41, 5.74) is 4.96. The molecular weight excluding hydrogens is 871 g/mol. The molecule has 0 radical (unpaired) electrons. The number of carbonyl (C=O) groups excluding carboxylic acids is 1. The van der Waals surface area contributed by atoms with Gasteiger partial charge in [0.1, 0.15) is 17.2 Å². The molecule has 2 heterocycles. The van der Waals surface area contributed by atoms with Crippen LogP contribution in [0.15, 0.2) is 131 Å². The van der Waals surface area contributed by atoms with Crippen LogP contribution in [0.4, 0.5) is 5.69 Å². The maximum absolute atomic E-state index is 15.0. The van der Waals surface area contributed by atoms with E-state index >= 15 is 0 Å². The molecule has 0 aromatic heterocycles. The minimum atomic E-state index is -4.25. The summed E-state index contributed by atoms with van der Waals surface area (Å²) in [6.07, 6.45) is 10.3. The molecule has 67 heavy (non-hydrogen) atoms. The van der Waals surface area contributed by atoms with Crippen molar-refractivity contribution < 1.29 is 47.2 Å². The molecule has 356 valence electrons. The highest BCUT2D eigenvalue weighted by atomic mass is 32.2. The predicted octanol–water partition coefficient (Wildman–Crippen LogP) is 9.59. The Labute approximate surface area is 394 Å². The van der Waals surface area contributed by atoms with Crippen LogP contribution >= 0.6 is 0 Å². The zero-order valence-electron chi connectivity index (χ0n) is 38.4. The van der Waals surface area contributed by atoms with Gasteiger partial charge in [0.2, 0.25) is 28.0 Å². The van der Waals surface area contributed by atoms with Gasteiger partial charge in [0, 0.05) is 57.2 Å². The first kappa shape index (κ1) is 48.1. The summed E-state index contributed by atoms with van der Waals surface area (Å²) in [4.78, 5) is 18.1. The van der Waals surface area contributed by atoms with Gasteiger partial charge in [-0.25, -0.2) is 8.42 Å². The molecule has 14 heteroatoms. The van der Waals surface area contributed by atoms with Crippen LogP contribution in [0.2, 0.25) is 0 Å². The number of hydrogen-bond donors (Lipinski definition) is 3. The Bertz CT molecular complexity index is 2490. The van der Waals surface area contributed by atoms with E-state index in [9.17, 15) is 23.4 Å². The lowest BCUT2D eigenvalue weighted by Crippen LogP contribution is -2.69. The van der Waals surface area contributed by atoms with Gasteiger partial charge in [-0.1, -0.05) is 72.6 Å². The van der Waals surface area contributed by atoms with Crippen LogP contribution in [0.5, 0.6) is 17.2 Å². The summed E-state index contributed by atoms with van der Waals surface area (Å²) in [5.74, 6) is -1.00. The minimum absolute atomic E-state index is 0.0101. The van der Waals surface area contributed by atoms with Crippen molar-refractivity contribution in [2.75, 3.05) is 38.8 Å². The Hall–Kier alpha value is -5.35. The van der Waals surface area contributed by atoms with Crippen molar-refractivity contribution >= 4 is 27.3 Å². The Kier molecular flexibility index (Phi) is 15.6. The number of aliphatic hydroxyl groups excluding tert-OH is 2. The molecule has 1 saturated carbocycles. The van der Waals surface area contributed by atoms with Gasteiger partial charge >= 0.3 is 0 Å². The highest BCUT2D eigenvalue weighted by Crippen LogP contribution is 2.62. The van der Waals surface area contributed by atoms with E-state index in [2.05, 4.69) is 30.1 Å². The Morgan fingerprint density at radius 1 is 0.925 bits per heavy atom. The van der Waals surface area contributed by atoms with Crippen LogP contribution in [0.1, 0.15) is 82.6 Å². The smallest absolute Gasteiger partial charge is 0.243 e. The van der Waals surface area contributed by atoms with E-state index in [0.717, 1.165) is 60.8 Å². The van der Waals surface area contributed by atoms with Crippen molar-refractivity contribution in [3.05, 3.63) is 127 Å². The Balaban J connectivity index is 1.28. The highest BCUT2D eigenvalue weighted by molar-refractivity contribution is 7.89. The largest absolute Gasteiger partial charge is 0.460 e. The molecule has 2 fully saturated rings. The van der Waals surface area contributed by atoms with Crippen molar-refractivity contribution in [2.45, 2.75) is 100 Å². The second kappa shape index (κ2) is 21.7. The first-order valence-electron chi connectivity index (χ1n) is 23.6. The molecule has 13 nitrogen and oxygen atoms in total. The van der Waals surface area contributed by atoms with Crippen LogP contribution in [-0.2, 0) is 29.1 Å². The van der Waals surface area contributed by atoms with Gasteiger partial charge in [0.25, 0.3) is 0 Å². The first-order chi connectivity index (χ1) is 32.6. The quantitative estimate of drug-likeness (QED) is 0.0442. The number of allylic oxidation sites excluding steroid dienone is 1. The molecule has 8 rings (SSSR count). The van der Waals surface area contributed by atoms with E-state index in [1.54, 1.807) is 25.3 Å². The van der Waals surface area contributed by atoms with Gasteiger partial charge < -0.3 is 39.3 Å². The van der Waals surface area contributed by atoms with Gasteiger partial charge in [-0.15, -0.1) is 6.58 Å². The highest BCUT2D eigenvalue weighted by Gasteiger charge is 2.65. The molecule has 7 atom stereocenters. The van der Waals surface area contributed by atoms with Gasteiger partial charge in [0.05, 0.1) is 35.8 Å². The van der Waals surface area contributed by atoms with E-state index in [1.165, 1.54) is 23.4 Å². The van der Waals surface area contributed by atoms with Crippen molar-refractivity contribution in [3.63, 3.8) is 0 Å². The molecule has 4 aromatic carbocycles. The second-order valence-electron chi connectivity index (χ2n) is 17.9. The zero-order chi connectivity index (χ0) is 47.0. The van der Waals surface area contributed by atoms with E-state index in [1.807, 2.05) is 60.7 Å². The number of sulfonamides is 1. The number of anilines is 1. The molecule has 0 bridgehead atoms. The van der Waals surface area contributed by atoms with Gasteiger partial charge in [-0.3, -0.25) is 4.79 Å². The fraction of sp³-hybridized carbons (Fsp3) is 0.434. The molecular formula is C53H63N3O10S. The Morgan fingerprint density at radius 2 is 1.64 bits per heavy atom. The van der Waals surface area contributed by atoms with Crippen LogP contribution in [0.25, 0.3) is 11.1 Å². The third-order valence-corrected chi connectivity index (χ3v) is 15.4. The van der Waals surface area contributed by atoms with Crippen LogP contribution in [0, 0.1) is 17.8 Å². The topological polar surface area (TPSA) is 165 Å². The second-order valence-corrected chi connectivity index (χ2v) is 19.9. The number of oxime groups is 1. The van der Waals surface area contributed by atoms with E-state index in [4.69, 9.17) is 28.9 Å². The van der Waals surface area contributed by atoms with Gasteiger partial charge in [-0.05, 0) is 122 Å². The maximum Gasteiger partial charge on any atom is 0.243 e. The molecule has 2 aliphatic carbocycles. The molecule has 4 aliphatic rings. The summed E-state index contributed by atoms with van der Waals surface area (Å²) < 4.78 is 58.1. The van der Waals surface area contributed by atoms with E-state index in [-0.39, 0.29) is 54.8 Å². The normalized spacial score (nSPS) is 25.0. The molecule has 7 unspecified atom stereocenters. The lowest BCUT2D eigenvalue weighted by molar-refractivity contribution is -0.250. The molecule has 3 N–H and O–H groups in total. The molecule has 0 spiro atoms. The van der Waals surface area contributed by atoms with Crippen molar-refractivity contribution in [1.82, 2.24) is 4.31 Å². The molecule has 2 aliphatic heterocycles. The number of benzene rings is 4. The standard InChI is InChI=1S/C53H63N3O10S/c1-4-31-63-53-49(56(3)67(60,61)43-26-21-40(22-27-43)54-36(2)59)35-47(55-66-50-18-10-13-32-62-50)45-33-39(16-8-11-29-57)44(17-9-12-30-58)51(52(45)53)46-34-42(25-28-48(46)65-53)64-41-23-19-38(20-24-41)37-14-6-5-7-15-37/h4-7,14-15,19-28,33-34,39,44,49-52,57-58H,1,8-13,16-18,29-32,35H2,2-3H3,(H,54,59). The minimum Gasteiger partial charge on any atom is -0.460 e. The van der Waals surface area contributed by atoms with Crippen LogP contribution in [0.3, 0.4) is 0 Å². The van der Waals surface area contributed by atoms with Crippen LogP contribution in [-0.4, -0.2) is 86.1 Å². The predicted molar refractivity (Wildman–Crippen MR) is 257 cm³/mol. The maximum atomic E-state index is 15.0. The number of rotatable bonds is 20. The fourth-order valence-electron chi connectivity index (χ4n) is 10.4. The van der Waals surface area contributed by atoms with Gasteiger partial charge in [0.15, 0.2) is 0 Å². The number of amides is 1. The summed E-state index contributed by atoms with van der Waals surface area (Å²) in [6, 6.07) is 29.0. The number of aliphatic hydroxyl groups is 2. The number of unbranched alkanes of at least 4 members (excludes halogenated alkanes) is 2. The number of likely N-dealkylation sites (N-methyl/N-ethyl adjacent to an activating group) is 1. The average Bonchev–Trinajstić information content (AvgIpc) is 3.34. The molecule has 4 aromatic rings. The van der Waals surface area contributed by atoms with E-state index in [0.29, 0.717) is 54.5 Å². The lowest BCUT2D eigenvalue weighted by atomic mass is 9.55. The van der Waals surface area contributed by atoms with Gasteiger partial charge in [-0.2, -0.15) is 4.31 Å². The van der Waals surface area contributed by atoms with Crippen molar-refractivity contribution in [2.24, 2.45) is 22.9 Å². The fourth-order valence-corrected chi connectivity index (χ4v) is 11.8. The number of nitrogens with one attached hydrogen (secondary N) is 1. The summed E-state index contributed by atoms with van der Waals surface area (Å²) in [7, 11) is -2.71.